The van der Waals surface area contributed by atoms with Crippen LogP contribution in [0.2, 0.25) is 0 Å². The van der Waals surface area contributed by atoms with Gasteiger partial charge in [-0.25, -0.2) is 0 Å². The molecular formula is C11H22N2O. The molecule has 1 rings (SSSR count). The fraction of sp³-hybridized carbons (Fsp3) is 0.909. The number of rotatable bonds is 3. The van der Waals surface area contributed by atoms with Crippen LogP contribution in [0, 0.1) is 0 Å². The lowest BCUT2D eigenvalue weighted by Gasteiger charge is -2.33. The average molecular weight is 198 g/mol. The van der Waals surface area contributed by atoms with E-state index in [1.807, 2.05) is 0 Å². The van der Waals surface area contributed by atoms with Crippen molar-refractivity contribution in [3.63, 3.8) is 0 Å². The fourth-order valence-electron chi connectivity index (χ4n) is 2.36. The van der Waals surface area contributed by atoms with E-state index in [1.165, 1.54) is 32.1 Å². The van der Waals surface area contributed by atoms with Crippen LogP contribution >= 0.6 is 0 Å². The lowest BCUT2D eigenvalue weighted by Crippen LogP contribution is -2.47. The maximum Gasteiger partial charge on any atom is 0.207 e. The molecule has 2 unspecified atom stereocenters. The van der Waals surface area contributed by atoms with E-state index in [0.29, 0.717) is 12.1 Å². The molecular weight excluding hydrogens is 176 g/mol. The maximum absolute atomic E-state index is 10.5. The van der Waals surface area contributed by atoms with Crippen LogP contribution in [-0.2, 0) is 4.79 Å². The van der Waals surface area contributed by atoms with E-state index in [1.54, 1.807) is 0 Å². The Balaban J connectivity index is 2.55. The minimum Gasteiger partial charge on any atom is -0.354 e. The van der Waals surface area contributed by atoms with Crippen molar-refractivity contribution in [1.29, 1.82) is 0 Å². The first-order valence-corrected chi connectivity index (χ1v) is 5.62. The summed E-state index contributed by atoms with van der Waals surface area (Å²) in [7, 11) is 4.21. The van der Waals surface area contributed by atoms with Gasteiger partial charge < -0.3 is 10.2 Å². The molecule has 3 nitrogen and oxygen atoms in total. The van der Waals surface area contributed by atoms with Crippen LogP contribution in [0.3, 0.4) is 0 Å². The molecule has 1 aliphatic carbocycles. The summed E-state index contributed by atoms with van der Waals surface area (Å²) in [6.07, 6.45) is 8.38. The van der Waals surface area contributed by atoms with Gasteiger partial charge in [-0.1, -0.05) is 25.7 Å². The molecule has 0 bridgehead atoms. The standard InChI is InChI=1S/C11H22N2O/c1-13(2)11-8-6-4-3-5-7-10(11)12-9-14/h9-11H,3-8H2,1-2H3,(H,12,14). The van der Waals surface area contributed by atoms with Gasteiger partial charge in [0.2, 0.25) is 6.41 Å². The van der Waals surface area contributed by atoms with Crippen LogP contribution in [0.1, 0.15) is 38.5 Å². The minimum atomic E-state index is 0.350. The summed E-state index contributed by atoms with van der Waals surface area (Å²) in [6.45, 7) is 0. The Bertz CT molecular complexity index is 171. The summed E-state index contributed by atoms with van der Waals surface area (Å²) >= 11 is 0. The second-order valence-electron chi connectivity index (χ2n) is 4.41. The molecule has 1 fully saturated rings. The molecule has 2 atom stereocenters. The van der Waals surface area contributed by atoms with E-state index in [0.717, 1.165) is 12.8 Å². The van der Waals surface area contributed by atoms with Crippen LogP contribution in [0.25, 0.3) is 0 Å². The van der Waals surface area contributed by atoms with E-state index in [9.17, 15) is 4.79 Å². The van der Waals surface area contributed by atoms with Crippen molar-refractivity contribution in [1.82, 2.24) is 10.2 Å². The van der Waals surface area contributed by atoms with E-state index in [4.69, 9.17) is 0 Å². The number of carbonyl (C=O) groups is 1. The van der Waals surface area contributed by atoms with E-state index < -0.39 is 0 Å². The van der Waals surface area contributed by atoms with Crippen molar-refractivity contribution < 1.29 is 4.79 Å². The number of carbonyl (C=O) groups excluding carboxylic acids is 1. The fourth-order valence-corrected chi connectivity index (χ4v) is 2.36. The molecule has 0 aliphatic heterocycles. The molecule has 0 spiro atoms. The van der Waals surface area contributed by atoms with Crippen molar-refractivity contribution in [2.24, 2.45) is 0 Å². The van der Waals surface area contributed by atoms with Gasteiger partial charge in [-0.3, -0.25) is 4.79 Å². The first kappa shape index (κ1) is 11.5. The highest BCUT2D eigenvalue weighted by molar-refractivity contribution is 5.46. The van der Waals surface area contributed by atoms with Gasteiger partial charge in [0.05, 0.1) is 0 Å². The summed E-state index contributed by atoms with van der Waals surface area (Å²) in [6, 6.07) is 0.864. The average Bonchev–Trinajstić information content (AvgIpc) is 2.09. The normalized spacial score (nSPS) is 29.4. The Hall–Kier alpha value is -0.570. The zero-order valence-electron chi connectivity index (χ0n) is 9.33. The monoisotopic (exact) mass is 198 g/mol. The predicted octanol–water partition coefficient (Wildman–Crippen LogP) is 1.39. The van der Waals surface area contributed by atoms with Gasteiger partial charge >= 0.3 is 0 Å². The smallest absolute Gasteiger partial charge is 0.207 e. The Morgan fingerprint density at radius 2 is 1.79 bits per heavy atom. The lowest BCUT2D eigenvalue weighted by molar-refractivity contribution is -0.110. The zero-order valence-corrected chi connectivity index (χ0v) is 9.33. The van der Waals surface area contributed by atoms with Gasteiger partial charge in [-0.2, -0.15) is 0 Å². The highest BCUT2D eigenvalue weighted by atomic mass is 16.1. The molecule has 0 radical (unpaired) electrons. The Kier molecular flexibility index (Phi) is 4.94. The molecule has 1 N–H and O–H groups in total. The van der Waals surface area contributed by atoms with E-state index in [2.05, 4.69) is 24.3 Å². The Morgan fingerprint density at radius 3 is 2.36 bits per heavy atom. The summed E-state index contributed by atoms with van der Waals surface area (Å²) in [5, 5.41) is 2.96. The van der Waals surface area contributed by atoms with Gasteiger partial charge in [-0.05, 0) is 26.9 Å². The minimum absolute atomic E-state index is 0.350. The van der Waals surface area contributed by atoms with Crippen LogP contribution < -0.4 is 5.32 Å². The molecule has 14 heavy (non-hydrogen) atoms. The number of amides is 1. The lowest BCUT2D eigenvalue weighted by atomic mass is 9.92. The Morgan fingerprint density at radius 1 is 1.14 bits per heavy atom. The molecule has 3 heteroatoms. The van der Waals surface area contributed by atoms with Gasteiger partial charge in [0.15, 0.2) is 0 Å². The quantitative estimate of drug-likeness (QED) is 0.695. The predicted molar refractivity (Wildman–Crippen MR) is 58.2 cm³/mol. The molecule has 1 saturated carbocycles. The van der Waals surface area contributed by atoms with E-state index >= 15 is 0 Å². The van der Waals surface area contributed by atoms with Crippen molar-refractivity contribution in [3.05, 3.63) is 0 Å². The third kappa shape index (κ3) is 3.29. The maximum atomic E-state index is 10.5. The van der Waals surface area contributed by atoms with Crippen LogP contribution in [-0.4, -0.2) is 37.5 Å². The molecule has 0 aromatic rings. The largest absolute Gasteiger partial charge is 0.354 e. The number of nitrogens with one attached hydrogen (secondary N) is 1. The zero-order chi connectivity index (χ0) is 10.4. The first-order valence-electron chi connectivity index (χ1n) is 5.62. The second kappa shape index (κ2) is 6.02. The third-order valence-corrected chi connectivity index (χ3v) is 3.17. The molecule has 1 amide bonds. The van der Waals surface area contributed by atoms with Gasteiger partial charge in [0.1, 0.15) is 0 Å². The van der Waals surface area contributed by atoms with Gasteiger partial charge in [0.25, 0.3) is 0 Å². The number of likely N-dealkylation sites (N-methyl/N-ethyl adjacent to an activating group) is 1. The molecule has 82 valence electrons. The number of nitrogens with zero attached hydrogens (tertiary/aromatic N) is 1. The molecule has 0 saturated heterocycles. The van der Waals surface area contributed by atoms with Gasteiger partial charge in [-0.15, -0.1) is 0 Å². The highest BCUT2D eigenvalue weighted by Gasteiger charge is 2.23. The topological polar surface area (TPSA) is 32.3 Å². The number of hydrogen-bond donors (Lipinski definition) is 1. The molecule has 0 aromatic carbocycles. The summed E-state index contributed by atoms with van der Waals surface area (Å²) < 4.78 is 0. The number of hydrogen-bond acceptors (Lipinski definition) is 2. The van der Waals surface area contributed by atoms with Crippen LogP contribution in [0.5, 0.6) is 0 Å². The first-order chi connectivity index (χ1) is 6.75. The van der Waals surface area contributed by atoms with Gasteiger partial charge in [0, 0.05) is 12.1 Å². The molecule has 0 aromatic heterocycles. The third-order valence-electron chi connectivity index (χ3n) is 3.17. The molecule has 0 heterocycles. The second-order valence-corrected chi connectivity index (χ2v) is 4.41. The van der Waals surface area contributed by atoms with Crippen molar-refractivity contribution in [3.8, 4) is 0 Å². The SMILES string of the molecule is CN(C)C1CCCCCCC1NC=O. The van der Waals surface area contributed by atoms with Crippen molar-refractivity contribution >= 4 is 6.41 Å². The summed E-state index contributed by atoms with van der Waals surface area (Å²) in [5.74, 6) is 0. The summed E-state index contributed by atoms with van der Waals surface area (Å²) in [5.41, 5.74) is 0. The Labute approximate surface area is 86.9 Å². The molecule has 1 aliphatic rings. The van der Waals surface area contributed by atoms with E-state index in [-0.39, 0.29) is 0 Å². The highest BCUT2D eigenvalue weighted by Crippen LogP contribution is 2.20. The van der Waals surface area contributed by atoms with Crippen molar-refractivity contribution in [2.45, 2.75) is 50.6 Å². The van der Waals surface area contributed by atoms with Crippen LogP contribution in [0.4, 0.5) is 0 Å². The van der Waals surface area contributed by atoms with Crippen LogP contribution in [0.15, 0.2) is 0 Å². The van der Waals surface area contributed by atoms with Crippen molar-refractivity contribution in [2.75, 3.05) is 14.1 Å². The summed E-state index contributed by atoms with van der Waals surface area (Å²) in [4.78, 5) is 12.8.